The fourth-order valence-electron chi connectivity index (χ4n) is 2.50. The van der Waals surface area contributed by atoms with E-state index >= 15 is 0 Å². The molecular weight excluding hydrogens is 296 g/mol. The van der Waals surface area contributed by atoms with Crippen molar-refractivity contribution in [2.45, 2.75) is 33.7 Å². The van der Waals surface area contributed by atoms with Crippen molar-refractivity contribution in [1.29, 1.82) is 0 Å². The molecular formula is C13H17BrN2O2. The summed E-state index contributed by atoms with van der Waals surface area (Å²) in [7, 11) is 0. The van der Waals surface area contributed by atoms with Gasteiger partial charge in [-0.15, -0.1) is 0 Å². The highest BCUT2D eigenvalue weighted by Gasteiger charge is 2.65. The average Bonchev–Trinajstić information content (AvgIpc) is 2.60. The Kier molecular flexibility index (Phi) is 2.93. The van der Waals surface area contributed by atoms with Crippen LogP contribution in [0.3, 0.4) is 0 Å². The van der Waals surface area contributed by atoms with Gasteiger partial charge >= 0.3 is 0 Å². The number of nitrogens with zero attached hydrogens (tertiary/aromatic N) is 1. The highest BCUT2D eigenvalue weighted by atomic mass is 79.9. The molecule has 1 aliphatic carbocycles. The smallest absolute Gasteiger partial charge is 0.292 e. The van der Waals surface area contributed by atoms with Gasteiger partial charge in [-0.3, -0.25) is 10.1 Å². The van der Waals surface area contributed by atoms with Gasteiger partial charge in [0.15, 0.2) is 0 Å². The van der Waals surface area contributed by atoms with Crippen molar-refractivity contribution in [3.63, 3.8) is 0 Å². The second-order valence-corrected chi connectivity index (χ2v) is 6.85. The molecule has 0 aliphatic heterocycles. The predicted octanol–water partition coefficient (Wildman–Crippen LogP) is 4.20. The van der Waals surface area contributed by atoms with E-state index in [1.54, 1.807) is 12.1 Å². The molecule has 0 aromatic heterocycles. The number of nitro benzene ring substituents is 1. The van der Waals surface area contributed by atoms with Gasteiger partial charge in [0.2, 0.25) is 0 Å². The summed E-state index contributed by atoms with van der Waals surface area (Å²) in [4.78, 5) is 10.7. The Morgan fingerprint density at radius 1 is 1.28 bits per heavy atom. The van der Waals surface area contributed by atoms with Gasteiger partial charge in [0.25, 0.3) is 5.69 Å². The first-order chi connectivity index (χ1) is 8.18. The molecule has 2 rings (SSSR count). The summed E-state index contributed by atoms with van der Waals surface area (Å²) in [6.45, 7) is 8.70. The predicted molar refractivity (Wildman–Crippen MR) is 75.8 cm³/mol. The zero-order valence-electron chi connectivity index (χ0n) is 11.0. The van der Waals surface area contributed by atoms with Gasteiger partial charge in [-0.1, -0.05) is 43.6 Å². The van der Waals surface area contributed by atoms with Crippen LogP contribution in [0.4, 0.5) is 11.4 Å². The first-order valence-electron chi connectivity index (χ1n) is 5.88. The minimum atomic E-state index is -0.350. The minimum absolute atomic E-state index is 0.122. The fourth-order valence-corrected chi connectivity index (χ4v) is 2.86. The molecule has 0 radical (unpaired) electrons. The Labute approximate surface area is 115 Å². The molecule has 0 heterocycles. The lowest BCUT2D eigenvalue weighted by Gasteiger charge is -2.09. The molecule has 98 valence electrons. The second kappa shape index (κ2) is 3.95. The largest absolute Gasteiger partial charge is 0.376 e. The number of hydrogen-bond acceptors (Lipinski definition) is 3. The maximum atomic E-state index is 11.0. The minimum Gasteiger partial charge on any atom is -0.376 e. The van der Waals surface area contributed by atoms with Crippen molar-refractivity contribution in [3.05, 3.63) is 32.8 Å². The zero-order valence-corrected chi connectivity index (χ0v) is 12.5. The summed E-state index contributed by atoms with van der Waals surface area (Å²) < 4.78 is 0.840. The Bertz CT molecular complexity index is 498. The van der Waals surface area contributed by atoms with E-state index < -0.39 is 0 Å². The van der Waals surface area contributed by atoms with E-state index in [-0.39, 0.29) is 27.5 Å². The number of rotatable bonds is 3. The zero-order chi connectivity index (χ0) is 13.7. The molecule has 1 aromatic rings. The number of benzene rings is 1. The maximum Gasteiger partial charge on any atom is 0.292 e. The molecule has 0 spiro atoms. The molecule has 1 saturated carbocycles. The van der Waals surface area contributed by atoms with Crippen LogP contribution >= 0.6 is 15.9 Å². The van der Waals surface area contributed by atoms with E-state index in [9.17, 15) is 10.1 Å². The average molecular weight is 313 g/mol. The van der Waals surface area contributed by atoms with Gasteiger partial charge < -0.3 is 5.32 Å². The fraction of sp³-hybridized carbons (Fsp3) is 0.538. The van der Waals surface area contributed by atoms with Gasteiger partial charge in [-0.25, -0.2) is 0 Å². The molecule has 1 aromatic carbocycles. The van der Waals surface area contributed by atoms with Crippen molar-refractivity contribution in [2.75, 3.05) is 5.32 Å². The van der Waals surface area contributed by atoms with Crippen molar-refractivity contribution in [3.8, 4) is 0 Å². The molecule has 0 amide bonds. The lowest BCUT2D eigenvalue weighted by atomic mass is 10.0. The molecule has 1 aliphatic rings. The lowest BCUT2D eigenvalue weighted by Crippen LogP contribution is -2.11. The van der Waals surface area contributed by atoms with Crippen LogP contribution in [0.15, 0.2) is 22.7 Å². The first-order valence-corrected chi connectivity index (χ1v) is 6.67. The Balaban J connectivity index is 2.31. The van der Waals surface area contributed by atoms with Crippen molar-refractivity contribution in [2.24, 2.45) is 10.8 Å². The normalized spacial score (nSPS) is 20.5. The van der Waals surface area contributed by atoms with Gasteiger partial charge in [0.1, 0.15) is 5.69 Å². The summed E-state index contributed by atoms with van der Waals surface area (Å²) in [6, 6.07) is 5.22. The monoisotopic (exact) mass is 312 g/mol. The molecule has 5 heteroatoms. The Morgan fingerprint density at radius 3 is 2.28 bits per heavy atom. The number of nitrogens with one attached hydrogen (secondary N) is 1. The highest BCUT2D eigenvalue weighted by Crippen LogP contribution is 2.64. The van der Waals surface area contributed by atoms with Crippen molar-refractivity contribution < 1.29 is 4.92 Å². The molecule has 4 nitrogen and oxygen atoms in total. The van der Waals surface area contributed by atoms with Gasteiger partial charge in [-0.2, -0.15) is 0 Å². The van der Waals surface area contributed by atoms with Crippen molar-refractivity contribution in [1.82, 2.24) is 0 Å². The van der Waals surface area contributed by atoms with Crippen LogP contribution in [0.25, 0.3) is 0 Å². The Hall–Kier alpha value is -1.10. The van der Waals surface area contributed by atoms with Crippen LogP contribution < -0.4 is 5.32 Å². The van der Waals surface area contributed by atoms with Crippen LogP contribution in [0, 0.1) is 20.9 Å². The lowest BCUT2D eigenvalue weighted by molar-refractivity contribution is -0.384. The van der Waals surface area contributed by atoms with Crippen LogP contribution in [0.2, 0.25) is 0 Å². The molecule has 18 heavy (non-hydrogen) atoms. The van der Waals surface area contributed by atoms with E-state index in [0.29, 0.717) is 5.69 Å². The van der Waals surface area contributed by atoms with Gasteiger partial charge in [0.05, 0.1) is 4.92 Å². The second-order valence-electron chi connectivity index (χ2n) is 5.94. The standard InChI is InChI=1S/C13H17BrN2O2/c1-12(2)11(13(12,3)4)15-9-7-8(14)5-6-10(9)16(17)18/h5-7,11,15H,1-4H3. The third-order valence-electron chi connectivity index (χ3n) is 4.48. The SMILES string of the molecule is CC1(C)C(Nc2cc(Br)ccc2[N+](=O)[O-])C1(C)C. The molecule has 1 fully saturated rings. The third-order valence-corrected chi connectivity index (χ3v) is 4.97. The number of anilines is 1. The van der Waals surface area contributed by atoms with E-state index in [0.717, 1.165) is 4.47 Å². The number of hydrogen-bond donors (Lipinski definition) is 1. The molecule has 0 unspecified atom stereocenters. The first kappa shape index (κ1) is 13.3. The number of nitro groups is 1. The quantitative estimate of drug-likeness (QED) is 0.672. The summed E-state index contributed by atoms with van der Waals surface area (Å²) in [5.41, 5.74) is 0.988. The summed E-state index contributed by atoms with van der Waals surface area (Å²) in [5, 5.41) is 14.3. The molecule has 0 atom stereocenters. The topological polar surface area (TPSA) is 55.2 Å². The molecule has 0 saturated heterocycles. The van der Waals surface area contributed by atoms with Crippen LogP contribution in [-0.4, -0.2) is 11.0 Å². The number of halogens is 1. The van der Waals surface area contributed by atoms with E-state index in [2.05, 4.69) is 48.9 Å². The molecule has 0 bridgehead atoms. The van der Waals surface area contributed by atoms with E-state index in [1.807, 2.05) is 0 Å². The van der Waals surface area contributed by atoms with Gasteiger partial charge in [0, 0.05) is 16.6 Å². The van der Waals surface area contributed by atoms with E-state index in [1.165, 1.54) is 6.07 Å². The van der Waals surface area contributed by atoms with Crippen LogP contribution in [0.5, 0.6) is 0 Å². The summed E-state index contributed by atoms with van der Waals surface area (Å²) >= 11 is 3.35. The Morgan fingerprint density at radius 2 is 1.83 bits per heavy atom. The summed E-state index contributed by atoms with van der Waals surface area (Å²) in [5.74, 6) is 0. The van der Waals surface area contributed by atoms with Crippen molar-refractivity contribution >= 4 is 27.3 Å². The third kappa shape index (κ3) is 1.90. The van der Waals surface area contributed by atoms with Crippen LogP contribution in [0.1, 0.15) is 27.7 Å². The van der Waals surface area contributed by atoms with E-state index in [4.69, 9.17) is 0 Å². The highest BCUT2D eigenvalue weighted by molar-refractivity contribution is 9.10. The summed E-state index contributed by atoms with van der Waals surface area (Å²) in [6.07, 6.45) is 0. The maximum absolute atomic E-state index is 11.0. The molecule has 1 N–H and O–H groups in total. The van der Waals surface area contributed by atoms with Gasteiger partial charge in [-0.05, 0) is 23.0 Å². The van der Waals surface area contributed by atoms with Crippen LogP contribution in [-0.2, 0) is 0 Å².